The van der Waals surface area contributed by atoms with Crippen LogP contribution in [0.1, 0.15) is 5.56 Å². The molecule has 1 aromatic carbocycles. The summed E-state index contributed by atoms with van der Waals surface area (Å²) < 4.78 is 0. The van der Waals surface area contributed by atoms with Crippen molar-refractivity contribution in [1.29, 1.82) is 0 Å². The number of carbonyl (C=O) groups excluding carboxylic acids is 1. The zero-order valence-corrected chi connectivity index (χ0v) is 11.2. The minimum Gasteiger partial charge on any atom is -0.368 e. The second-order valence-corrected chi connectivity index (χ2v) is 4.24. The van der Waals surface area contributed by atoms with Gasteiger partial charge in [0.15, 0.2) is 0 Å². The van der Waals surface area contributed by atoms with Crippen molar-refractivity contribution in [2.45, 2.75) is 6.54 Å². The Balaban J connectivity index is 1.59. The highest BCUT2D eigenvalue weighted by Gasteiger charge is 1.99. The fourth-order valence-corrected chi connectivity index (χ4v) is 1.67. The largest absolute Gasteiger partial charge is 0.368 e. The van der Waals surface area contributed by atoms with Crippen molar-refractivity contribution in [3.63, 3.8) is 0 Å². The zero-order valence-electron chi connectivity index (χ0n) is 11.2. The number of aromatic nitrogens is 1. The van der Waals surface area contributed by atoms with Crippen molar-refractivity contribution in [3.05, 3.63) is 60.3 Å². The van der Waals surface area contributed by atoms with Gasteiger partial charge in [-0.05, 0) is 17.7 Å². The van der Waals surface area contributed by atoms with Gasteiger partial charge in [0.25, 0.3) is 0 Å². The molecule has 104 valence electrons. The Morgan fingerprint density at radius 1 is 0.950 bits per heavy atom. The van der Waals surface area contributed by atoms with Crippen LogP contribution in [0, 0.1) is 0 Å². The van der Waals surface area contributed by atoms with Gasteiger partial charge in [-0.2, -0.15) is 0 Å². The molecule has 0 atom stereocenters. The molecule has 1 aromatic heterocycles. The number of nitrogens with one attached hydrogen (secondary N) is 3. The topological polar surface area (TPSA) is 66.0 Å². The van der Waals surface area contributed by atoms with Gasteiger partial charge >= 0.3 is 6.03 Å². The molecule has 0 aliphatic rings. The van der Waals surface area contributed by atoms with Crippen molar-refractivity contribution >= 4 is 11.8 Å². The number of carbonyl (C=O) groups is 1. The molecule has 0 bridgehead atoms. The summed E-state index contributed by atoms with van der Waals surface area (Å²) in [4.78, 5) is 15.7. The lowest BCUT2D eigenvalue weighted by molar-refractivity contribution is 0.241. The molecule has 0 saturated heterocycles. The van der Waals surface area contributed by atoms with Gasteiger partial charge in [-0.3, -0.25) is 0 Å². The second kappa shape index (κ2) is 7.78. The number of nitrogens with zero attached hydrogens (tertiary/aromatic N) is 1. The molecule has 2 amide bonds. The first kappa shape index (κ1) is 13.9. The van der Waals surface area contributed by atoms with Gasteiger partial charge in [-0.15, -0.1) is 0 Å². The summed E-state index contributed by atoms with van der Waals surface area (Å²) in [5.41, 5.74) is 1.08. The third-order valence-electron chi connectivity index (χ3n) is 2.68. The Hall–Kier alpha value is -2.56. The van der Waals surface area contributed by atoms with E-state index >= 15 is 0 Å². The molecule has 2 rings (SSSR count). The van der Waals surface area contributed by atoms with E-state index in [1.165, 1.54) is 0 Å². The van der Waals surface area contributed by atoms with E-state index in [-0.39, 0.29) is 6.03 Å². The second-order valence-electron chi connectivity index (χ2n) is 4.24. The van der Waals surface area contributed by atoms with Crippen LogP contribution in [-0.4, -0.2) is 24.1 Å². The molecular weight excluding hydrogens is 252 g/mol. The van der Waals surface area contributed by atoms with Crippen molar-refractivity contribution in [2.75, 3.05) is 18.4 Å². The van der Waals surface area contributed by atoms with Gasteiger partial charge in [0.05, 0.1) is 0 Å². The number of amides is 2. The maximum atomic E-state index is 11.6. The van der Waals surface area contributed by atoms with Crippen LogP contribution in [0.5, 0.6) is 0 Å². The average molecular weight is 270 g/mol. The maximum Gasteiger partial charge on any atom is 0.315 e. The molecule has 0 saturated carbocycles. The molecule has 1 heterocycles. The van der Waals surface area contributed by atoms with Crippen LogP contribution < -0.4 is 16.0 Å². The van der Waals surface area contributed by atoms with Crippen LogP contribution >= 0.6 is 0 Å². The van der Waals surface area contributed by atoms with Crippen LogP contribution in [0.2, 0.25) is 0 Å². The number of pyridine rings is 1. The lowest BCUT2D eigenvalue weighted by atomic mass is 10.2. The number of rotatable bonds is 6. The van der Waals surface area contributed by atoms with Gasteiger partial charge in [-0.1, -0.05) is 36.4 Å². The minimum absolute atomic E-state index is 0.170. The van der Waals surface area contributed by atoms with Gasteiger partial charge < -0.3 is 16.0 Å². The van der Waals surface area contributed by atoms with Crippen LogP contribution in [0.15, 0.2) is 54.7 Å². The van der Waals surface area contributed by atoms with E-state index in [0.717, 1.165) is 11.4 Å². The first-order valence-electron chi connectivity index (χ1n) is 6.55. The van der Waals surface area contributed by atoms with Crippen molar-refractivity contribution in [1.82, 2.24) is 15.6 Å². The molecule has 2 aromatic rings. The van der Waals surface area contributed by atoms with Crippen molar-refractivity contribution in [3.8, 4) is 0 Å². The smallest absolute Gasteiger partial charge is 0.315 e. The first-order chi connectivity index (χ1) is 9.84. The van der Waals surface area contributed by atoms with Crippen LogP contribution in [-0.2, 0) is 6.54 Å². The van der Waals surface area contributed by atoms with E-state index in [0.29, 0.717) is 19.6 Å². The highest BCUT2D eigenvalue weighted by atomic mass is 16.2. The van der Waals surface area contributed by atoms with E-state index in [9.17, 15) is 4.79 Å². The number of anilines is 1. The van der Waals surface area contributed by atoms with Crippen LogP contribution in [0.4, 0.5) is 10.6 Å². The fraction of sp³-hybridized carbons (Fsp3) is 0.200. The van der Waals surface area contributed by atoms with Gasteiger partial charge in [-0.25, -0.2) is 9.78 Å². The first-order valence-corrected chi connectivity index (χ1v) is 6.55. The Morgan fingerprint density at radius 3 is 2.50 bits per heavy atom. The molecule has 0 aliphatic heterocycles. The van der Waals surface area contributed by atoms with Gasteiger partial charge in [0, 0.05) is 25.8 Å². The predicted octanol–water partition coefficient (Wildman–Crippen LogP) is 1.99. The summed E-state index contributed by atoms with van der Waals surface area (Å²) in [5.74, 6) is 0.805. The molecule has 5 nitrogen and oxygen atoms in total. The molecular formula is C15H18N4O. The summed E-state index contributed by atoms with van der Waals surface area (Å²) in [6, 6.07) is 15.3. The third kappa shape index (κ3) is 4.97. The molecule has 3 N–H and O–H groups in total. The Labute approximate surface area is 118 Å². The van der Waals surface area contributed by atoms with Crippen molar-refractivity contribution < 1.29 is 4.79 Å². The van der Waals surface area contributed by atoms with Crippen LogP contribution in [0.3, 0.4) is 0 Å². The highest BCUT2D eigenvalue weighted by Crippen LogP contribution is 1.98. The maximum absolute atomic E-state index is 11.6. The number of hydrogen-bond acceptors (Lipinski definition) is 3. The van der Waals surface area contributed by atoms with Gasteiger partial charge in [0.1, 0.15) is 5.82 Å². The van der Waals surface area contributed by atoms with E-state index < -0.39 is 0 Å². The molecule has 0 unspecified atom stereocenters. The summed E-state index contributed by atoms with van der Waals surface area (Å²) in [7, 11) is 0. The molecule has 20 heavy (non-hydrogen) atoms. The molecule has 5 heteroatoms. The Kier molecular flexibility index (Phi) is 5.39. The van der Waals surface area contributed by atoms with Crippen LogP contribution in [0.25, 0.3) is 0 Å². The SMILES string of the molecule is O=C(NCCNc1ccccn1)NCc1ccccc1. The molecule has 0 aliphatic carbocycles. The Morgan fingerprint density at radius 2 is 1.75 bits per heavy atom. The quantitative estimate of drug-likeness (QED) is 0.703. The lowest BCUT2D eigenvalue weighted by Gasteiger charge is -2.08. The van der Waals surface area contributed by atoms with E-state index in [1.807, 2.05) is 48.5 Å². The normalized spacial score (nSPS) is 9.80. The standard InChI is InChI=1S/C15H18N4O/c20-15(19-12-13-6-2-1-3-7-13)18-11-10-17-14-8-4-5-9-16-14/h1-9H,10-12H2,(H,16,17)(H2,18,19,20). The summed E-state index contributed by atoms with van der Waals surface area (Å²) >= 11 is 0. The predicted molar refractivity (Wildman–Crippen MR) is 79.4 cm³/mol. The number of urea groups is 1. The fourth-order valence-electron chi connectivity index (χ4n) is 1.67. The van der Waals surface area contributed by atoms with Crippen molar-refractivity contribution in [2.24, 2.45) is 0 Å². The van der Waals surface area contributed by atoms with Gasteiger partial charge in [0.2, 0.25) is 0 Å². The summed E-state index contributed by atoms with van der Waals surface area (Å²) in [6.07, 6.45) is 1.72. The highest BCUT2D eigenvalue weighted by molar-refractivity contribution is 5.73. The zero-order chi connectivity index (χ0) is 14.0. The lowest BCUT2D eigenvalue weighted by Crippen LogP contribution is -2.37. The third-order valence-corrected chi connectivity index (χ3v) is 2.68. The summed E-state index contributed by atoms with van der Waals surface area (Å²) in [6.45, 7) is 1.70. The summed E-state index contributed by atoms with van der Waals surface area (Å²) in [5, 5.41) is 8.71. The monoisotopic (exact) mass is 270 g/mol. The Bertz CT molecular complexity index is 516. The minimum atomic E-state index is -0.170. The average Bonchev–Trinajstić information content (AvgIpc) is 2.52. The molecule has 0 radical (unpaired) electrons. The van der Waals surface area contributed by atoms with E-state index in [4.69, 9.17) is 0 Å². The van der Waals surface area contributed by atoms with E-state index in [1.54, 1.807) is 6.20 Å². The number of benzene rings is 1. The van der Waals surface area contributed by atoms with E-state index in [2.05, 4.69) is 20.9 Å². The molecule has 0 spiro atoms. The number of hydrogen-bond donors (Lipinski definition) is 3. The molecule has 0 fully saturated rings.